The van der Waals surface area contributed by atoms with E-state index >= 15 is 0 Å². The predicted octanol–water partition coefficient (Wildman–Crippen LogP) is 14.9. The highest BCUT2D eigenvalue weighted by molar-refractivity contribution is 14.1. The van der Waals surface area contributed by atoms with Gasteiger partial charge in [-0.15, -0.1) is 0 Å². The zero-order chi connectivity index (χ0) is 41.8. The van der Waals surface area contributed by atoms with Gasteiger partial charge in [0.25, 0.3) is 0 Å². The number of hydrogen-bond acceptors (Lipinski definition) is 5. The molecule has 0 aliphatic carbocycles. The van der Waals surface area contributed by atoms with E-state index in [2.05, 4.69) is 201 Å². The lowest BCUT2D eigenvalue weighted by Crippen LogP contribution is -2.46. The first kappa shape index (κ1) is 51.9. The Morgan fingerprint density at radius 1 is 0.722 bits per heavy atom. The molecule has 0 saturated carbocycles. The topological polar surface area (TPSA) is 54.0 Å². The third-order valence-corrected chi connectivity index (χ3v) is 27.4. The van der Waals surface area contributed by atoms with Crippen LogP contribution in [0.3, 0.4) is 0 Å². The fourth-order valence-electron chi connectivity index (χ4n) is 5.18. The number of carbonyl (C=O) groups is 1. The summed E-state index contributed by atoms with van der Waals surface area (Å²) in [5.74, 6) is -0.297. The summed E-state index contributed by atoms with van der Waals surface area (Å²) >= 11 is 4.60. The summed E-state index contributed by atoms with van der Waals surface area (Å²) in [6, 6.07) is 10.6. The van der Waals surface area contributed by atoms with Crippen LogP contribution in [0, 0.1) is 0 Å². The normalized spacial score (nSPS) is 16.3. The molecule has 0 aliphatic heterocycles. The fourth-order valence-corrected chi connectivity index (χ4v) is 9.72. The lowest BCUT2D eigenvalue weighted by Gasteiger charge is -2.41. The van der Waals surface area contributed by atoms with Crippen molar-refractivity contribution in [2.24, 2.45) is 0 Å². The smallest absolute Gasteiger partial charge is 0.331 e. The molecule has 0 amide bonds. The summed E-state index contributed by atoms with van der Waals surface area (Å²) in [6.45, 7) is 39.3. The van der Waals surface area contributed by atoms with Gasteiger partial charge in [-0.05, 0) is 126 Å². The van der Waals surface area contributed by atoms with Crippen molar-refractivity contribution in [3.8, 4) is 0 Å². The Kier molecular flexibility index (Phi) is 21.5. The molecule has 10 heteroatoms. The standard InChI is InChI=1S/C44H78I2O5Si3/c1-34(23-25-36-21-19-18-20-22-36)24-26-38(50-53(14,15)43(6,7)8)31-39(32-40(29-35(2)33-45)51-54(16,17)44(9,10)11)49-41(47)30-37(46)27-28-48-52(12,13)42(3,4)5/h18-23,30,33,38-40H,24-29,31-32H2,1-17H3/b34-23+,35-33+,37-30-/t38-,39+,40-/m1/s1. The maximum Gasteiger partial charge on any atom is 0.331 e. The lowest BCUT2D eigenvalue weighted by atomic mass is 9.97. The zero-order valence-electron chi connectivity index (χ0n) is 37.3. The largest absolute Gasteiger partial charge is 0.459 e. The average Bonchev–Trinajstić information content (AvgIpc) is 3.00. The number of allylic oxidation sites excluding steroid dienone is 2. The van der Waals surface area contributed by atoms with Gasteiger partial charge < -0.3 is 18.0 Å². The van der Waals surface area contributed by atoms with Crippen molar-refractivity contribution in [3.05, 3.63) is 66.9 Å². The van der Waals surface area contributed by atoms with E-state index in [4.69, 9.17) is 18.0 Å². The summed E-state index contributed by atoms with van der Waals surface area (Å²) in [6.07, 6.45) is 9.00. The molecule has 0 N–H and O–H groups in total. The molecular weight excluding hydrogens is 947 g/mol. The SMILES string of the molecule is C/C(=C\Cc1ccccc1)CC[C@H](C[C@@H](C[C@@H](C/C(C)=C/I)O[Si](C)(C)C(C)(C)C)OC(=O)/C=C(\I)CCO[Si](C)(C)C(C)(C)C)O[Si](C)(C)C(C)(C)C. The van der Waals surface area contributed by atoms with E-state index in [1.165, 1.54) is 16.7 Å². The first-order valence-electron chi connectivity index (χ1n) is 20.0. The second kappa shape index (κ2) is 22.3. The van der Waals surface area contributed by atoms with Crippen molar-refractivity contribution in [2.75, 3.05) is 6.61 Å². The molecule has 1 aromatic rings. The van der Waals surface area contributed by atoms with Crippen molar-refractivity contribution >= 4 is 76.1 Å². The third-order valence-electron chi connectivity index (χ3n) is 11.9. The molecule has 0 spiro atoms. The highest BCUT2D eigenvalue weighted by Crippen LogP contribution is 2.41. The average molecular weight is 1030 g/mol. The van der Waals surface area contributed by atoms with Crippen molar-refractivity contribution in [1.82, 2.24) is 0 Å². The fraction of sp³-hybridized carbons (Fsp3) is 0.705. The molecule has 5 nitrogen and oxygen atoms in total. The molecule has 0 aromatic heterocycles. The molecule has 0 fully saturated rings. The Balaban J connectivity index is 3.50. The summed E-state index contributed by atoms with van der Waals surface area (Å²) in [5.41, 5.74) is 3.94. The van der Waals surface area contributed by atoms with Crippen molar-refractivity contribution < 1.29 is 22.8 Å². The van der Waals surface area contributed by atoms with Crippen molar-refractivity contribution in [3.63, 3.8) is 0 Å². The van der Waals surface area contributed by atoms with Crippen LogP contribution in [-0.2, 0) is 29.2 Å². The van der Waals surface area contributed by atoms with E-state index in [-0.39, 0.29) is 39.4 Å². The molecule has 0 saturated heterocycles. The summed E-state index contributed by atoms with van der Waals surface area (Å²) < 4.78 is 30.3. The molecule has 1 rings (SSSR count). The van der Waals surface area contributed by atoms with Gasteiger partial charge in [0.05, 0.1) is 6.10 Å². The van der Waals surface area contributed by atoms with Crippen LogP contribution >= 0.6 is 45.2 Å². The number of ether oxygens (including phenoxy) is 1. The molecule has 0 heterocycles. The minimum absolute atomic E-state index is 0.0527. The van der Waals surface area contributed by atoms with Crippen LogP contribution in [0.2, 0.25) is 54.4 Å². The van der Waals surface area contributed by atoms with E-state index in [9.17, 15) is 4.79 Å². The molecule has 0 bridgehead atoms. The molecule has 54 heavy (non-hydrogen) atoms. The van der Waals surface area contributed by atoms with Gasteiger partial charge in [-0.2, -0.15) is 0 Å². The lowest BCUT2D eigenvalue weighted by molar-refractivity contribution is -0.145. The van der Waals surface area contributed by atoms with Gasteiger partial charge in [0.1, 0.15) is 6.10 Å². The third kappa shape index (κ3) is 19.1. The van der Waals surface area contributed by atoms with Crippen LogP contribution in [0.4, 0.5) is 0 Å². The number of rotatable bonds is 21. The van der Waals surface area contributed by atoms with E-state index in [0.29, 0.717) is 25.9 Å². The number of esters is 1. The van der Waals surface area contributed by atoms with Crippen molar-refractivity contribution in [2.45, 2.75) is 194 Å². The summed E-state index contributed by atoms with van der Waals surface area (Å²) in [5, 5.41) is 0.251. The second-order valence-corrected chi connectivity index (χ2v) is 36.2. The Morgan fingerprint density at radius 3 is 1.72 bits per heavy atom. The van der Waals surface area contributed by atoms with E-state index in [1.54, 1.807) is 6.08 Å². The molecule has 0 radical (unpaired) electrons. The zero-order valence-corrected chi connectivity index (χ0v) is 44.6. The predicted molar refractivity (Wildman–Crippen MR) is 259 cm³/mol. The number of halogens is 2. The van der Waals surface area contributed by atoms with Gasteiger partial charge in [0, 0.05) is 41.6 Å². The first-order chi connectivity index (χ1) is 24.5. The molecule has 1 aromatic carbocycles. The maximum absolute atomic E-state index is 13.8. The molecule has 0 unspecified atom stereocenters. The van der Waals surface area contributed by atoms with Gasteiger partial charge in [-0.3, -0.25) is 0 Å². The minimum Gasteiger partial charge on any atom is -0.459 e. The highest BCUT2D eigenvalue weighted by atomic mass is 127. The van der Waals surface area contributed by atoms with Crippen LogP contribution in [0.1, 0.15) is 120 Å². The molecule has 310 valence electrons. The summed E-state index contributed by atoms with van der Waals surface area (Å²) in [7, 11) is -6.14. The van der Waals surface area contributed by atoms with Gasteiger partial charge >= 0.3 is 5.97 Å². The van der Waals surface area contributed by atoms with E-state index < -0.39 is 25.0 Å². The Hall–Kier alpha value is -0.0994. The van der Waals surface area contributed by atoms with E-state index in [0.717, 1.165) is 29.3 Å². The highest BCUT2D eigenvalue weighted by Gasteiger charge is 2.42. The monoisotopic (exact) mass is 1020 g/mol. The van der Waals surface area contributed by atoms with Gasteiger partial charge in [-0.25, -0.2) is 4.79 Å². The maximum atomic E-state index is 13.8. The van der Waals surface area contributed by atoms with E-state index in [1.807, 2.05) is 0 Å². The Morgan fingerprint density at radius 2 is 1.22 bits per heavy atom. The van der Waals surface area contributed by atoms with Crippen LogP contribution in [0.25, 0.3) is 0 Å². The minimum atomic E-state index is -2.14. The van der Waals surface area contributed by atoms with Crippen LogP contribution in [0.5, 0.6) is 0 Å². The van der Waals surface area contributed by atoms with Crippen LogP contribution in [-0.4, -0.2) is 55.8 Å². The number of hydrogen-bond donors (Lipinski definition) is 0. The summed E-state index contributed by atoms with van der Waals surface area (Å²) in [4.78, 5) is 13.8. The number of carbonyl (C=O) groups excluding carboxylic acids is 1. The molecular formula is C44H78I2O5Si3. The van der Waals surface area contributed by atoms with Crippen LogP contribution < -0.4 is 0 Å². The molecule has 3 atom stereocenters. The quantitative estimate of drug-likeness (QED) is 0.0404. The van der Waals surface area contributed by atoms with Crippen LogP contribution in [0.15, 0.2) is 61.3 Å². The first-order valence-corrected chi connectivity index (χ1v) is 31.1. The van der Waals surface area contributed by atoms with Gasteiger partial charge in [0.15, 0.2) is 25.0 Å². The second-order valence-electron chi connectivity index (χ2n) is 19.9. The number of benzene rings is 1. The van der Waals surface area contributed by atoms with Crippen molar-refractivity contribution in [1.29, 1.82) is 0 Å². The van der Waals surface area contributed by atoms with Gasteiger partial charge in [0.2, 0.25) is 0 Å². The Bertz CT molecular complexity index is 1380. The van der Waals surface area contributed by atoms with Gasteiger partial charge in [-0.1, -0.05) is 132 Å². The molecule has 0 aliphatic rings. The Labute approximate surface area is 363 Å².